The molecule has 3 rings (SSSR count). The number of fused-ring (bicyclic) bond motifs is 1. The van der Waals surface area contributed by atoms with Gasteiger partial charge in [0.25, 0.3) is 5.91 Å². The first-order valence-corrected chi connectivity index (χ1v) is 7.85. The van der Waals surface area contributed by atoms with Crippen molar-refractivity contribution in [1.29, 1.82) is 0 Å². The first-order chi connectivity index (χ1) is 10.6. The summed E-state index contributed by atoms with van der Waals surface area (Å²) in [6.45, 7) is 4.62. The number of carbonyl (C=O) groups excluding carboxylic acids is 1. The molecule has 0 bridgehead atoms. The Bertz CT molecular complexity index is 907. The standard InChI is InChI=1S/C17H15FN2OS/c1-3-20-14-9-8-13(18)10-15(14)22-17(20)19-16(21)12-6-4-11(2)5-7-12/h4-10H,3H2,1-2H3. The summed E-state index contributed by atoms with van der Waals surface area (Å²) in [7, 11) is 0. The lowest BCUT2D eigenvalue weighted by Crippen LogP contribution is -2.15. The molecule has 0 aliphatic heterocycles. The molecule has 0 spiro atoms. The first kappa shape index (κ1) is 14.7. The number of halogens is 1. The van der Waals surface area contributed by atoms with Crippen LogP contribution >= 0.6 is 11.3 Å². The van der Waals surface area contributed by atoms with Crippen molar-refractivity contribution in [3.05, 3.63) is 64.2 Å². The van der Waals surface area contributed by atoms with E-state index in [1.807, 2.05) is 30.5 Å². The molecule has 0 aliphatic carbocycles. The van der Waals surface area contributed by atoms with Crippen molar-refractivity contribution in [2.24, 2.45) is 4.99 Å². The Morgan fingerprint density at radius 3 is 2.64 bits per heavy atom. The molecule has 0 unspecified atom stereocenters. The van der Waals surface area contributed by atoms with E-state index >= 15 is 0 Å². The molecule has 3 nitrogen and oxygen atoms in total. The van der Waals surface area contributed by atoms with Crippen LogP contribution in [0.3, 0.4) is 0 Å². The number of thiazole rings is 1. The van der Waals surface area contributed by atoms with Crippen molar-refractivity contribution in [1.82, 2.24) is 4.57 Å². The fourth-order valence-corrected chi connectivity index (χ4v) is 3.40. The second kappa shape index (κ2) is 5.85. The zero-order valence-corrected chi connectivity index (χ0v) is 13.2. The highest BCUT2D eigenvalue weighted by atomic mass is 32.1. The second-order valence-electron chi connectivity index (χ2n) is 5.02. The van der Waals surface area contributed by atoms with Crippen LogP contribution < -0.4 is 4.80 Å². The fourth-order valence-electron chi connectivity index (χ4n) is 2.29. The van der Waals surface area contributed by atoms with E-state index in [0.29, 0.717) is 16.9 Å². The number of hydrogen-bond donors (Lipinski definition) is 0. The van der Waals surface area contributed by atoms with Crippen LogP contribution in [0.15, 0.2) is 47.5 Å². The number of aryl methyl sites for hydroxylation is 2. The molecule has 0 aliphatic rings. The van der Waals surface area contributed by atoms with Crippen molar-refractivity contribution < 1.29 is 9.18 Å². The predicted octanol–water partition coefficient (Wildman–Crippen LogP) is 3.91. The summed E-state index contributed by atoms with van der Waals surface area (Å²) in [6.07, 6.45) is 0. The number of hydrogen-bond acceptors (Lipinski definition) is 2. The maximum Gasteiger partial charge on any atom is 0.279 e. The molecule has 0 saturated heterocycles. The van der Waals surface area contributed by atoms with E-state index < -0.39 is 0 Å². The fraction of sp³-hybridized carbons (Fsp3) is 0.176. The molecule has 0 atom stereocenters. The average Bonchev–Trinajstić information content (AvgIpc) is 2.83. The third-order valence-electron chi connectivity index (χ3n) is 3.46. The van der Waals surface area contributed by atoms with Crippen LogP contribution in [0.2, 0.25) is 0 Å². The summed E-state index contributed by atoms with van der Waals surface area (Å²) in [5.41, 5.74) is 2.54. The molecule has 22 heavy (non-hydrogen) atoms. The lowest BCUT2D eigenvalue weighted by atomic mass is 10.1. The van der Waals surface area contributed by atoms with E-state index in [9.17, 15) is 9.18 Å². The van der Waals surface area contributed by atoms with Crippen molar-refractivity contribution in [2.45, 2.75) is 20.4 Å². The highest BCUT2D eigenvalue weighted by molar-refractivity contribution is 7.16. The summed E-state index contributed by atoms with van der Waals surface area (Å²) < 4.78 is 16.1. The lowest BCUT2D eigenvalue weighted by Gasteiger charge is -2.00. The van der Waals surface area contributed by atoms with E-state index in [0.717, 1.165) is 15.8 Å². The Kier molecular flexibility index (Phi) is 3.90. The lowest BCUT2D eigenvalue weighted by molar-refractivity contribution is 0.0998. The van der Waals surface area contributed by atoms with Gasteiger partial charge in [-0.2, -0.15) is 4.99 Å². The van der Waals surface area contributed by atoms with Crippen LogP contribution in [0.4, 0.5) is 4.39 Å². The molecule has 0 fully saturated rings. The van der Waals surface area contributed by atoms with E-state index in [2.05, 4.69) is 4.99 Å². The van der Waals surface area contributed by atoms with E-state index in [-0.39, 0.29) is 11.7 Å². The third kappa shape index (κ3) is 2.72. The van der Waals surface area contributed by atoms with Crippen LogP contribution in [-0.4, -0.2) is 10.5 Å². The molecule has 0 radical (unpaired) electrons. The van der Waals surface area contributed by atoms with E-state index in [4.69, 9.17) is 0 Å². The zero-order chi connectivity index (χ0) is 15.7. The minimum Gasteiger partial charge on any atom is -0.317 e. The minimum atomic E-state index is -0.284. The van der Waals surface area contributed by atoms with Gasteiger partial charge in [0.2, 0.25) is 0 Å². The van der Waals surface area contributed by atoms with Crippen molar-refractivity contribution in [2.75, 3.05) is 0 Å². The molecule has 112 valence electrons. The average molecular weight is 314 g/mol. The van der Waals surface area contributed by atoms with Gasteiger partial charge in [-0.3, -0.25) is 4.79 Å². The third-order valence-corrected chi connectivity index (χ3v) is 4.50. The summed E-state index contributed by atoms with van der Waals surface area (Å²) in [5.74, 6) is -0.567. The second-order valence-corrected chi connectivity index (χ2v) is 6.03. The van der Waals surface area contributed by atoms with E-state index in [1.165, 1.54) is 23.5 Å². The highest BCUT2D eigenvalue weighted by Crippen LogP contribution is 2.18. The zero-order valence-electron chi connectivity index (χ0n) is 12.3. The SMILES string of the molecule is CCn1c(=NC(=O)c2ccc(C)cc2)sc2cc(F)ccc21. The van der Waals surface area contributed by atoms with Gasteiger partial charge in [0.15, 0.2) is 4.80 Å². The van der Waals surface area contributed by atoms with Gasteiger partial charge in [-0.25, -0.2) is 4.39 Å². The summed E-state index contributed by atoms with van der Waals surface area (Å²) in [4.78, 5) is 17.1. The molecular weight excluding hydrogens is 299 g/mol. The quantitative estimate of drug-likeness (QED) is 0.706. The molecule has 0 N–H and O–H groups in total. The molecule has 5 heteroatoms. The Balaban J connectivity index is 2.12. The van der Waals surface area contributed by atoms with Crippen LogP contribution in [-0.2, 0) is 6.54 Å². The maximum absolute atomic E-state index is 13.3. The topological polar surface area (TPSA) is 34.4 Å². The molecular formula is C17H15FN2OS. The van der Waals surface area contributed by atoms with Crippen molar-refractivity contribution >= 4 is 27.5 Å². The van der Waals surface area contributed by atoms with Gasteiger partial charge >= 0.3 is 0 Å². The van der Waals surface area contributed by atoms with Crippen LogP contribution in [0.1, 0.15) is 22.8 Å². The van der Waals surface area contributed by atoms with Gasteiger partial charge in [0.1, 0.15) is 5.82 Å². The number of rotatable bonds is 2. The molecule has 3 aromatic rings. The smallest absolute Gasteiger partial charge is 0.279 e. The van der Waals surface area contributed by atoms with Gasteiger partial charge in [0, 0.05) is 12.1 Å². The largest absolute Gasteiger partial charge is 0.317 e. The predicted molar refractivity (Wildman–Crippen MR) is 86.5 cm³/mol. The molecule has 1 heterocycles. The monoisotopic (exact) mass is 314 g/mol. The number of nitrogens with zero attached hydrogens (tertiary/aromatic N) is 2. The Morgan fingerprint density at radius 2 is 1.95 bits per heavy atom. The first-order valence-electron chi connectivity index (χ1n) is 7.03. The molecule has 2 aromatic carbocycles. The maximum atomic E-state index is 13.3. The normalized spacial score (nSPS) is 12.0. The van der Waals surface area contributed by atoms with E-state index in [1.54, 1.807) is 18.2 Å². The van der Waals surface area contributed by atoms with Gasteiger partial charge in [0.05, 0.1) is 10.2 Å². The summed E-state index contributed by atoms with van der Waals surface area (Å²) >= 11 is 1.32. The van der Waals surface area contributed by atoms with Crippen molar-refractivity contribution in [3.8, 4) is 0 Å². The van der Waals surface area contributed by atoms with Gasteiger partial charge in [-0.1, -0.05) is 29.0 Å². The summed E-state index contributed by atoms with van der Waals surface area (Å²) in [5, 5.41) is 0. The Labute approximate surface area is 131 Å². The van der Waals surface area contributed by atoms with Crippen LogP contribution in [0.25, 0.3) is 10.2 Å². The van der Waals surface area contributed by atoms with Crippen LogP contribution in [0.5, 0.6) is 0 Å². The van der Waals surface area contributed by atoms with Gasteiger partial charge < -0.3 is 4.57 Å². The Hall–Kier alpha value is -2.27. The van der Waals surface area contributed by atoms with Crippen LogP contribution in [0, 0.1) is 12.7 Å². The number of aromatic nitrogens is 1. The van der Waals surface area contributed by atoms with Crippen molar-refractivity contribution in [3.63, 3.8) is 0 Å². The molecule has 0 saturated carbocycles. The molecule has 1 aromatic heterocycles. The number of amides is 1. The van der Waals surface area contributed by atoms with Gasteiger partial charge in [-0.15, -0.1) is 0 Å². The van der Waals surface area contributed by atoms with Gasteiger partial charge in [-0.05, 0) is 44.2 Å². The number of benzene rings is 2. The molecule has 1 amide bonds. The summed E-state index contributed by atoms with van der Waals surface area (Å²) in [6, 6.07) is 11.9. The highest BCUT2D eigenvalue weighted by Gasteiger charge is 2.09. The Morgan fingerprint density at radius 1 is 1.23 bits per heavy atom. The minimum absolute atomic E-state index is 0.283. The number of carbonyl (C=O) groups is 1.